The SMILES string of the molecule is O=[P+](O)OC1c2ccccc2CCc2ccccc21. The maximum Gasteiger partial charge on any atom is 0.695 e. The summed E-state index contributed by atoms with van der Waals surface area (Å²) in [6.07, 6.45) is 1.40. The molecule has 4 heteroatoms. The van der Waals surface area contributed by atoms with Crippen LogP contribution < -0.4 is 0 Å². The van der Waals surface area contributed by atoms with Gasteiger partial charge in [-0.2, -0.15) is 0 Å². The lowest BCUT2D eigenvalue weighted by atomic mass is 9.97. The number of hydrogen-bond donors (Lipinski definition) is 1. The van der Waals surface area contributed by atoms with Crippen LogP contribution in [0.4, 0.5) is 0 Å². The minimum absolute atomic E-state index is 0.455. The van der Waals surface area contributed by atoms with Gasteiger partial charge in [-0.25, -0.2) is 0 Å². The fourth-order valence-corrected chi connectivity index (χ4v) is 3.08. The van der Waals surface area contributed by atoms with E-state index >= 15 is 0 Å². The highest BCUT2D eigenvalue weighted by atomic mass is 31.1. The molecular formula is C15H14O3P+. The molecule has 0 saturated heterocycles. The lowest BCUT2D eigenvalue weighted by molar-refractivity contribution is 0.225. The predicted octanol–water partition coefficient (Wildman–Crippen LogP) is 3.54. The summed E-state index contributed by atoms with van der Waals surface area (Å²) in [7, 11) is -2.63. The van der Waals surface area contributed by atoms with E-state index < -0.39 is 14.4 Å². The van der Waals surface area contributed by atoms with Crippen LogP contribution in [-0.2, 0) is 21.9 Å². The second kappa shape index (κ2) is 5.22. The average molecular weight is 273 g/mol. The smallest absolute Gasteiger partial charge is 0.133 e. The molecule has 2 aromatic carbocycles. The molecule has 0 aromatic heterocycles. The second-order valence-corrected chi connectivity index (χ2v) is 5.31. The number of aryl methyl sites for hydroxylation is 2. The molecule has 0 bridgehead atoms. The number of rotatable bonds is 2. The molecule has 0 amide bonds. The summed E-state index contributed by atoms with van der Waals surface area (Å²) in [5.41, 5.74) is 4.34. The maximum atomic E-state index is 11.1. The topological polar surface area (TPSA) is 46.5 Å². The van der Waals surface area contributed by atoms with E-state index in [1.54, 1.807) is 0 Å². The van der Waals surface area contributed by atoms with Gasteiger partial charge in [0.25, 0.3) is 0 Å². The molecule has 0 spiro atoms. The molecule has 1 aliphatic carbocycles. The highest BCUT2D eigenvalue weighted by Crippen LogP contribution is 2.39. The van der Waals surface area contributed by atoms with Crippen LogP contribution in [0.5, 0.6) is 0 Å². The van der Waals surface area contributed by atoms with E-state index in [0.717, 1.165) is 24.0 Å². The van der Waals surface area contributed by atoms with Gasteiger partial charge in [-0.1, -0.05) is 48.5 Å². The molecule has 0 radical (unpaired) electrons. The molecule has 0 aliphatic heterocycles. The van der Waals surface area contributed by atoms with Crippen LogP contribution in [0.15, 0.2) is 48.5 Å². The van der Waals surface area contributed by atoms with Crippen LogP contribution in [0.3, 0.4) is 0 Å². The van der Waals surface area contributed by atoms with E-state index in [0.29, 0.717) is 0 Å². The monoisotopic (exact) mass is 273 g/mol. The molecular weight excluding hydrogens is 259 g/mol. The normalized spacial score (nSPS) is 15.3. The van der Waals surface area contributed by atoms with Gasteiger partial charge in [0.1, 0.15) is 0 Å². The van der Waals surface area contributed by atoms with Gasteiger partial charge in [-0.15, -0.1) is 9.42 Å². The summed E-state index contributed by atoms with van der Waals surface area (Å²) in [6, 6.07) is 15.9. The van der Waals surface area contributed by atoms with E-state index in [1.807, 2.05) is 36.4 Å². The number of fused-ring (bicyclic) bond motifs is 2. The van der Waals surface area contributed by atoms with Crippen LogP contribution in [0, 0.1) is 0 Å². The number of hydrogen-bond acceptors (Lipinski definition) is 2. The van der Waals surface area contributed by atoms with Crippen LogP contribution in [0.1, 0.15) is 28.4 Å². The first-order chi connectivity index (χ1) is 9.25. The van der Waals surface area contributed by atoms with Gasteiger partial charge in [0.05, 0.1) is 0 Å². The zero-order valence-electron chi connectivity index (χ0n) is 10.3. The molecule has 1 N–H and O–H groups in total. The summed E-state index contributed by atoms with van der Waals surface area (Å²) in [5, 5.41) is 0. The Kier molecular flexibility index (Phi) is 3.43. The molecule has 2 aromatic rings. The number of benzene rings is 2. The summed E-state index contributed by atoms with van der Waals surface area (Å²) < 4.78 is 16.4. The van der Waals surface area contributed by atoms with Crippen molar-refractivity contribution < 1.29 is 14.0 Å². The fourth-order valence-electron chi connectivity index (χ4n) is 2.68. The van der Waals surface area contributed by atoms with Crippen molar-refractivity contribution in [1.29, 1.82) is 0 Å². The molecule has 3 rings (SSSR count). The minimum atomic E-state index is -2.63. The van der Waals surface area contributed by atoms with Gasteiger partial charge >= 0.3 is 8.25 Å². The molecule has 1 aliphatic rings. The standard InChI is InChI=1S/C15H13O3P/c16-19(17)18-15-13-7-3-1-5-11(13)9-10-12-6-2-4-8-14(12)15/h1-8,15H,9-10H2/p+1. The quantitative estimate of drug-likeness (QED) is 0.851. The molecule has 1 unspecified atom stereocenters. The van der Waals surface area contributed by atoms with Crippen molar-refractivity contribution in [2.24, 2.45) is 0 Å². The zero-order chi connectivity index (χ0) is 13.2. The Morgan fingerprint density at radius 1 is 0.947 bits per heavy atom. The van der Waals surface area contributed by atoms with Crippen molar-refractivity contribution in [2.75, 3.05) is 0 Å². The summed E-state index contributed by atoms with van der Waals surface area (Å²) >= 11 is 0. The molecule has 3 nitrogen and oxygen atoms in total. The predicted molar refractivity (Wildman–Crippen MR) is 73.0 cm³/mol. The molecule has 0 fully saturated rings. The Morgan fingerprint density at radius 2 is 1.42 bits per heavy atom. The van der Waals surface area contributed by atoms with Crippen molar-refractivity contribution in [3.63, 3.8) is 0 Å². The fraction of sp³-hybridized carbons (Fsp3) is 0.200. The van der Waals surface area contributed by atoms with Crippen LogP contribution >= 0.6 is 8.25 Å². The van der Waals surface area contributed by atoms with Gasteiger partial charge < -0.3 is 0 Å². The lowest BCUT2D eigenvalue weighted by Gasteiger charge is -2.13. The summed E-state index contributed by atoms with van der Waals surface area (Å²) in [6.45, 7) is 0. The zero-order valence-corrected chi connectivity index (χ0v) is 11.2. The molecule has 0 saturated carbocycles. The Labute approximate surface area is 112 Å². The first-order valence-electron chi connectivity index (χ1n) is 6.24. The van der Waals surface area contributed by atoms with Gasteiger partial charge in [-0.3, -0.25) is 0 Å². The Bertz CT molecular complexity index is 577. The van der Waals surface area contributed by atoms with Gasteiger partial charge in [0.15, 0.2) is 6.10 Å². The molecule has 19 heavy (non-hydrogen) atoms. The minimum Gasteiger partial charge on any atom is -0.133 e. The highest BCUT2D eigenvalue weighted by molar-refractivity contribution is 7.32. The maximum absolute atomic E-state index is 11.1. The van der Waals surface area contributed by atoms with E-state index in [1.165, 1.54) is 11.1 Å². The van der Waals surface area contributed by atoms with E-state index in [-0.39, 0.29) is 0 Å². The van der Waals surface area contributed by atoms with E-state index in [2.05, 4.69) is 12.1 Å². The molecule has 0 heterocycles. The second-order valence-electron chi connectivity index (χ2n) is 4.62. The van der Waals surface area contributed by atoms with Gasteiger partial charge in [0.2, 0.25) is 0 Å². The molecule has 96 valence electrons. The van der Waals surface area contributed by atoms with Crippen molar-refractivity contribution >= 4 is 8.25 Å². The Morgan fingerprint density at radius 3 is 1.89 bits per heavy atom. The Balaban J connectivity index is 2.16. The van der Waals surface area contributed by atoms with Crippen LogP contribution in [0.25, 0.3) is 0 Å². The third kappa shape index (κ3) is 2.45. The van der Waals surface area contributed by atoms with Crippen molar-refractivity contribution in [1.82, 2.24) is 0 Å². The van der Waals surface area contributed by atoms with E-state index in [4.69, 9.17) is 9.42 Å². The summed E-state index contributed by atoms with van der Waals surface area (Å²) in [4.78, 5) is 9.13. The average Bonchev–Trinajstić information content (AvgIpc) is 2.57. The third-order valence-electron chi connectivity index (χ3n) is 3.53. The van der Waals surface area contributed by atoms with Crippen LogP contribution in [-0.4, -0.2) is 4.89 Å². The lowest BCUT2D eigenvalue weighted by Crippen LogP contribution is -2.04. The first kappa shape index (κ1) is 12.5. The summed E-state index contributed by atoms with van der Waals surface area (Å²) in [5.74, 6) is 0. The first-order valence-corrected chi connectivity index (χ1v) is 7.37. The van der Waals surface area contributed by atoms with Crippen molar-refractivity contribution in [3.05, 3.63) is 70.8 Å². The third-order valence-corrected chi connectivity index (χ3v) is 3.93. The molecule has 1 atom stereocenters. The van der Waals surface area contributed by atoms with Crippen molar-refractivity contribution in [2.45, 2.75) is 18.9 Å². The highest BCUT2D eigenvalue weighted by Gasteiger charge is 2.31. The van der Waals surface area contributed by atoms with E-state index in [9.17, 15) is 4.57 Å². The van der Waals surface area contributed by atoms with Crippen LogP contribution in [0.2, 0.25) is 0 Å². The van der Waals surface area contributed by atoms with Gasteiger partial charge in [0, 0.05) is 4.57 Å². The van der Waals surface area contributed by atoms with Gasteiger partial charge in [-0.05, 0) is 35.1 Å². The Hall–Kier alpha value is -1.54. The largest absolute Gasteiger partial charge is 0.695 e. The van der Waals surface area contributed by atoms with Crippen molar-refractivity contribution in [3.8, 4) is 0 Å².